The van der Waals surface area contributed by atoms with Gasteiger partial charge in [0.1, 0.15) is 17.8 Å². The maximum Gasteiger partial charge on any atom is 0.148 e. The van der Waals surface area contributed by atoms with E-state index in [1.807, 2.05) is 0 Å². The van der Waals surface area contributed by atoms with E-state index in [4.69, 9.17) is 11.6 Å². The molecule has 0 unspecified atom stereocenters. The fraction of sp³-hybridized carbons (Fsp3) is 0. The number of nitrogens with zero attached hydrogens (tertiary/aromatic N) is 4. The predicted molar refractivity (Wildman–Crippen MR) is 69.6 cm³/mol. The van der Waals surface area contributed by atoms with Crippen LogP contribution in [0.2, 0.25) is 5.02 Å². The van der Waals surface area contributed by atoms with E-state index in [9.17, 15) is 4.39 Å². The highest BCUT2D eigenvalue weighted by molar-refractivity contribution is 6.32. The lowest BCUT2D eigenvalue weighted by molar-refractivity contribution is 0.611. The van der Waals surface area contributed by atoms with Crippen molar-refractivity contribution in [1.29, 1.82) is 0 Å². The molecule has 0 amide bonds. The Labute approximate surface area is 113 Å². The van der Waals surface area contributed by atoms with Crippen LogP contribution in [0.4, 0.5) is 4.39 Å². The summed E-state index contributed by atoms with van der Waals surface area (Å²) in [4.78, 5) is 7.91. The number of hydrogen-bond donors (Lipinski definition) is 0. The quantitative estimate of drug-likeness (QED) is 0.721. The number of hydrogen-bond acceptors (Lipinski definition) is 3. The molecule has 6 heteroatoms. The molecule has 0 atom stereocenters. The Kier molecular flexibility index (Phi) is 2.97. The number of rotatable bonds is 2. The average molecular weight is 275 g/mol. The maximum absolute atomic E-state index is 13.7. The van der Waals surface area contributed by atoms with Crippen molar-refractivity contribution >= 4 is 11.6 Å². The third kappa shape index (κ3) is 2.20. The number of aromatic nitrogens is 4. The van der Waals surface area contributed by atoms with Crippen LogP contribution in [-0.4, -0.2) is 19.7 Å². The Bertz CT molecular complexity index is 666. The van der Waals surface area contributed by atoms with Crippen LogP contribution in [0.3, 0.4) is 0 Å². The van der Waals surface area contributed by atoms with Crippen molar-refractivity contribution in [3.05, 3.63) is 60.0 Å². The van der Waals surface area contributed by atoms with Crippen LogP contribution in [0.25, 0.3) is 16.9 Å². The Morgan fingerprint density at radius 3 is 2.79 bits per heavy atom. The van der Waals surface area contributed by atoms with Crippen LogP contribution in [0.15, 0.2) is 49.2 Å². The first-order chi connectivity index (χ1) is 9.25. The minimum Gasteiger partial charge on any atom is -0.243 e. The molecule has 0 spiro atoms. The standard InChI is InChI=1S/C13H8ClFN4/c14-10-6-16-8-17-13(10)9-5-18-19(7-9)12-4-2-1-3-11(12)15/h1-8H. The molecule has 1 aromatic carbocycles. The van der Waals surface area contributed by atoms with E-state index in [-0.39, 0.29) is 5.82 Å². The average Bonchev–Trinajstić information content (AvgIpc) is 2.89. The van der Waals surface area contributed by atoms with E-state index in [1.165, 1.54) is 23.3 Å². The van der Waals surface area contributed by atoms with Gasteiger partial charge in [0.25, 0.3) is 0 Å². The van der Waals surface area contributed by atoms with Gasteiger partial charge in [-0.05, 0) is 12.1 Å². The summed E-state index contributed by atoms with van der Waals surface area (Å²) < 4.78 is 15.1. The van der Waals surface area contributed by atoms with Crippen molar-refractivity contribution < 1.29 is 4.39 Å². The monoisotopic (exact) mass is 274 g/mol. The summed E-state index contributed by atoms with van der Waals surface area (Å²) in [5, 5.41) is 4.55. The van der Waals surface area contributed by atoms with Crippen LogP contribution < -0.4 is 0 Å². The third-order valence-electron chi connectivity index (χ3n) is 2.62. The van der Waals surface area contributed by atoms with Crippen molar-refractivity contribution in [2.75, 3.05) is 0 Å². The summed E-state index contributed by atoms with van der Waals surface area (Å²) >= 11 is 6.01. The first kappa shape index (κ1) is 11.8. The van der Waals surface area contributed by atoms with Crippen molar-refractivity contribution in [2.45, 2.75) is 0 Å². The highest BCUT2D eigenvalue weighted by atomic mass is 35.5. The second-order valence-electron chi connectivity index (χ2n) is 3.84. The molecule has 0 bridgehead atoms. The number of benzene rings is 1. The molecule has 2 heterocycles. The molecule has 4 nitrogen and oxygen atoms in total. The lowest BCUT2D eigenvalue weighted by Crippen LogP contribution is -1.97. The van der Waals surface area contributed by atoms with Gasteiger partial charge in [-0.15, -0.1) is 0 Å². The molecule has 0 saturated heterocycles. The van der Waals surface area contributed by atoms with E-state index in [0.29, 0.717) is 22.0 Å². The molecule has 0 aliphatic heterocycles. The summed E-state index contributed by atoms with van der Waals surface area (Å²) in [5.41, 5.74) is 1.65. The predicted octanol–water partition coefficient (Wildman–Crippen LogP) is 3.12. The van der Waals surface area contributed by atoms with Crippen LogP contribution in [0.1, 0.15) is 0 Å². The Hall–Kier alpha value is -2.27. The highest BCUT2D eigenvalue weighted by Gasteiger charge is 2.10. The van der Waals surface area contributed by atoms with Crippen LogP contribution in [0, 0.1) is 5.82 Å². The lowest BCUT2D eigenvalue weighted by Gasteiger charge is -2.01. The maximum atomic E-state index is 13.7. The summed E-state index contributed by atoms with van der Waals surface area (Å²) in [6.45, 7) is 0. The van der Waals surface area contributed by atoms with E-state index in [2.05, 4.69) is 15.1 Å². The minimum atomic E-state index is -0.342. The fourth-order valence-electron chi connectivity index (χ4n) is 1.74. The molecule has 0 N–H and O–H groups in total. The van der Waals surface area contributed by atoms with Gasteiger partial charge in [0.2, 0.25) is 0 Å². The van der Waals surface area contributed by atoms with Crippen LogP contribution in [0.5, 0.6) is 0 Å². The Morgan fingerprint density at radius 1 is 1.16 bits per heavy atom. The van der Waals surface area contributed by atoms with Crippen LogP contribution >= 0.6 is 11.6 Å². The molecule has 2 aromatic heterocycles. The largest absolute Gasteiger partial charge is 0.243 e. The van der Waals surface area contributed by atoms with Gasteiger partial charge in [0.15, 0.2) is 0 Å². The normalized spacial score (nSPS) is 10.6. The summed E-state index contributed by atoms with van der Waals surface area (Å²) in [5.74, 6) is -0.342. The zero-order valence-corrected chi connectivity index (χ0v) is 10.4. The summed E-state index contributed by atoms with van der Waals surface area (Å²) in [6, 6.07) is 6.41. The molecule has 19 heavy (non-hydrogen) atoms. The molecule has 3 aromatic rings. The first-order valence-corrected chi connectivity index (χ1v) is 5.89. The van der Waals surface area contributed by atoms with E-state index < -0.39 is 0 Å². The number of para-hydroxylation sites is 1. The van der Waals surface area contributed by atoms with Gasteiger partial charge in [-0.1, -0.05) is 23.7 Å². The van der Waals surface area contributed by atoms with Gasteiger partial charge in [-0.25, -0.2) is 19.0 Å². The Balaban J connectivity index is 2.06. The zero-order chi connectivity index (χ0) is 13.2. The molecule has 0 aliphatic rings. The SMILES string of the molecule is Fc1ccccc1-n1cc(-c2ncncc2Cl)cn1. The van der Waals surface area contributed by atoms with E-state index in [0.717, 1.165) is 0 Å². The van der Waals surface area contributed by atoms with Crippen molar-refractivity contribution in [2.24, 2.45) is 0 Å². The highest BCUT2D eigenvalue weighted by Crippen LogP contribution is 2.24. The lowest BCUT2D eigenvalue weighted by atomic mass is 10.2. The van der Waals surface area contributed by atoms with E-state index in [1.54, 1.807) is 30.6 Å². The topological polar surface area (TPSA) is 43.6 Å². The Morgan fingerprint density at radius 2 is 2.00 bits per heavy atom. The van der Waals surface area contributed by atoms with Gasteiger partial charge in [0, 0.05) is 18.0 Å². The minimum absolute atomic E-state index is 0.342. The third-order valence-corrected chi connectivity index (χ3v) is 2.90. The second-order valence-corrected chi connectivity index (χ2v) is 4.25. The summed E-state index contributed by atoms with van der Waals surface area (Å²) in [6.07, 6.45) is 6.17. The smallest absolute Gasteiger partial charge is 0.148 e. The summed E-state index contributed by atoms with van der Waals surface area (Å²) in [7, 11) is 0. The van der Waals surface area contributed by atoms with Crippen molar-refractivity contribution in [3.8, 4) is 16.9 Å². The molecule has 0 aliphatic carbocycles. The zero-order valence-electron chi connectivity index (χ0n) is 9.66. The van der Waals surface area contributed by atoms with Gasteiger partial charge in [-0.2, -0.15) is 5.10 Å². The molecule has 0 radical (unpaired) electrons. The van der Waals surface area contributed by atoms with Gasteiger partial charge >= 0.3 is 0 Å². The van der Waals surface area contributed by atoms with Crippen LogP contribution in [-0.2, 0) is 0 Å². The van der Waals surface area contributed by atoms with Gasteiger partial charge < -0.3 is 0 Å². The molecule has 3 rings (SSSR count). The molecule has 0 saturated carbocycles. The number of halogens is 2. The van der Waals surface area contributed by atoms with Gasteiger partial charge in [0.05, 0.1) is 16.9 Å². The second kappa shape index (κ2) is 4.78. The van der Waals surface area contributed by atoms with Crippen molar-refractivity contribution in [1.82, 2.24) is 19.7 Å². The van der Waals surface area contributed by atoms with Crippen molar-refractivity contribution in [3.63, 3.8) is 0 Å². The molecule has 94 valence electrons. The molecular formula is C13H8ClFN4. The first-order valence-electron chi connectivity index (χ1n) is 5.51. The molecule has 0 fully saturated rings. The van der Waals surface area contributed by atoms with Gasteiger partial charge in [-0.3, -0.25) is 0 Å². The molecular weight excluding hydrogens is 267 g/mol. The van der Waals surface area contributed by atoms with E-state index >= 15 is 0 Å². The fourth-order valence-corrected chi connectivity index (χ4v) is 1.95.